The lowest BCUT2D eigenvalue weighted by Gasteiger charge is -2.29. The first-order valence-corrected chi connectivity index (χ1v) is 11.3. The molecular formula is C26H29N3O2. The normalized spacial score (nSPS) is 19.1. The van der Waals surface area contributed by atoms with Gasteiger partial charge in [0, 0.05) is 38.2 Å². The molecule has 1 atom stereocenters. The van der Waals surface area contributed by atoms with E-state index in [9.17, 15) is 4.79 Å². The second-order valence-corrected chi connectivity index (χ2v) is 8.89. The molecule has 1 saturated heterocycles. The van der Waals surface area contributed by atoms with Crippen molar-refractivity contribution in [1.29, 1.82) is 0 Å². The minimum atomic E-state index is 0.0905. The summed E-state index contributed by atoms with van der Waals surface area (Å²) in [6.07, 6.45) is 6.09. The summed E-state index contributed by atoms with van der Waals surface area (Å²) in [7, 11) is 0. The molecule has 0 aliphatic carbocycles. The van der Waals surface area contributed by atoms with E-state index >= 15 is 0 Å². The van der Waals surface area contributed by atoms with E-state index in [1.54, 1.807) is 0 Å². The van der Waals surface area contributed by atoms with Gasteiger partial charge in [0.15, 0.2) is 0 Å². The van der Waals surface area contributed by atoms with Crippen LogP contribution >= 0.6 is 0 Å². The van der Waals surface area contributed by atoms with Crippen LogP contribution < -0.4 is 4.74 Å². The molecule has 0 saturated carbocycles. The molecule has 160 valence electrons. The van der Waals surface area contributed by atoms with Gasteiger partial charge in [0.2, 0.25) is 0 Å². The molecule has 0 bridgehead atoms. The third kappa shape index (κ3) is 4.36. The Morgan fingerprint density at radius 1 is 0.968 bits per heavy atom. The second-order valence-electron chi connectivity index (χ2n) is 8.89. The highest BCUT2D eigenvalue weighted by molar-refractivity contribution is 5.92. The number of fused-ring (bicyclic) bond motifs is 1. The lowest BCUT2D eigenvalue weighted by atomic mass is 9.91. The number of nitrogens with zero attached hydrogens (tertiary/aromatic N) is 3. The van der Waals surface area contributed by atoms with Crippen molar-refractivity contribution in [1.82, 2.24) is 14.5 Å². The van der Waals surface area contributed by atoms with Gasteiger partial charge in [-0.3, -0.25) is 4.79 Å². The second kappa shape index (κ2) is 8.58. The maximum atomic E-state index is 12.9. The first kappa shape index (κ1) is 19.9. The number of carbonyl (C=O) groups is 1. The number of ether oxygens (including phenoxy) is 1. The van der Waals surface area contributed by atoms with E-state index in [0.29, 0.717) is 17.5 Å². The van der Waals surface area contributed by atoms with Crippen LogP contribution in [0.5, 0.6) is 11.5 Å². The summed E-state index contributed by atoms with van der Waals surface area (Å²) in [6.45, 7) is 4.83. The van der Waals surface area contributed by atoms with Crippen LogP contribution in [0.2, 0.25) is 0 Å². The molecule has 3 heterocycles. The molecule has 1 unspecified atom stereocenters. The van der Waals surface area contributed by atoms with Crippen LogP contribution in [0, 0.1) is 5.92 Å². The van der Waals surface area contributed by atoms with Gasteiger partial charge in [-0.25, -0.2) is 4.98 Å². The summed E-state index contributed by atoms with van der Waals surface area (Å²) in [4.78, 5) is 19.6. The van der Waals surface area contributed by atoms with Crippen LogP contribution in [0.1, 0.15) is 54.0 Å². The SMILES string of the molecule is CC1CCN(C(=O)c2cn3c(n2)CCC(c2ccc(Oc4ccccc4)cc2)C3)CC1. The minimum Gasteiger partial charge on any atom is -0.457 e. The molecule has 31 heavy (non-hydrogen) atoms. The number of imidazole rings is 1. The Morgan fingerprint density at radius 3 is 2.42 bits per heavy atom. The van der Waals surface area contributed by atoms with Crippen LogP contribution in [-0.4, -0.2) is 33.4 Å². The Balaban J connectivity index is 1.25. The molecule has 0 N–H and O–H groups in total. The number of para-hydroxylation sites is 1. The quantitative estimate of drug-likeness (QED) is 0.583. The number of piperidine rings is 1. The van der Waals surface area contributed by atoms with Gasteiger partial charge in [-0.1, -0.05) is 37.3 Å². The fourth-order valence-electron chi connectivity index (χ4n) is 4.63. The van der Waals surface area contributed by atoms with E-state index in [1.807, 2.05) is 53.6 Å². The van der Waals surface area contributed by atoms with Crippen LogP contribution in [0.25, 0.3) is 0 Å². The molecule has 2 aliphatic rings. The Morgan fingerprint density at radius 2 is 1.68 bits per heavy atom. The number of aryl methyl sites for hydroxylation is 1. The molecule has 0 spiro atoms. The van der Waals surface area contributed by atoms with Gasteiger partial charge in [0.1, 0.15) is 23.0 Å². The predicted molar refractivity (Wildman–Crippen MR) is 121 cm³/mol. The fourth-order valence-corrected chi connectivity index (χ4v) is 4.63. The standard InChI is InChI=1S/C26H29N3O2/c1-19-13-15-28(16-14-19)26(30)24-18-29-17-21(9-12-25(29)27-24)20-7-10-23(11-8-20)31-22-5-3-2-4-6-22/h2-8,10-11,18-19,21H,9,12-17H2,1H3. The molecule has 3 aromatic rings. The number of likely N-dealkylation sites (tertiary alicyclic amines) is 1. The van der Waals surface area contributed by atoms with E-state index < -0.39 is 0 Å². The van der Waals surface area contributed by atoms with E-state index in [4.69, 9.17) is 4.74 Å². The number of benzene rings is 2. The number of hydrogen-bond acceptors (Lipinski definition) is 3. The van der Waals surface area contributed by atoms with Crippen LogP contribution in [-0.2, 0) is 13.0 Å². The Bertz CT molecular complexity index is 1030. The monoisotopic (exact) mass is 415 g/mol. The van der Waals surface area contributed by atoms with Crippen molar-refractivity contribution >= 4 is 5.91 Å². The molecule has 5 rings (SSSR count). The molecule has 5 heteroatoms. The van der Waals surface area contributed by atoms with Gasteiger partial charge in [0.25, 0.3) is 5.91 Å². The highest BCUT2D eigenvalue weighted by atomic mass is 16.5. The summed E-state index contributed by atoms with van der Waals surface area (Å²) in [5, 5.41) is 0. The first-order chi connectivity index (χ1) is 15.2. The predicted octanol–water partition coefficient (Wildman–Crippen LogP) is 5.28. The lowest BCUT2D eigenvalue weighted by Crippen LogP contribution is -2.38. The number of carbonyl (C=O) groups excluding carboxylic acids is 1. The van der Waals surface area contributed by atoms with Gasteiger partial charge in [0.05, 0.1) is 0 Å². The van der Waals surface area contributed by atoms with Gasteiger partial charge < -0.3 is 14.2 Å². The van der Waals surface area contributed by atoms with Crippen molar-refractivity contribution < 1.29 is 9.53 Å². The topological polar surface area (TPSA) is 47.4 Å². The molecule has 1 aromatic heterocycles. The maximum absolute atomic E-state index is 12.9. The van der Waals surface area contributed by atoms with E-state index in [0.717, 1.165) is 62.6 Å². The van der Waals surface area contributed by atoms with E-state index in [2.05, 4.69) is 28.6 Å². The lowest BCUT2D eigenvalue weighted by molar-refractivity contribution is 0.0691. The van der Waals surface area contributed by atoms with E-state index in [1.165, 1.54) is 5.56 Å². The summed E-state index contributed by atoms with van der Waals surface area (Å²) < 4.78 is 8.10. The molecule has 0 radical (unpaired) electrons. The molecule has 5 nitrogen and oxygen atoms in total. The van der Waals surface area contributed by atoms with Crippen molar-refractivity contribution in [2.45, 2.75) is 45.1 Å². The van der Waals surface area contributed by atoms with E-state index in [-0.39, 0.29) is 5.91 Å². The van der Waals surface area contributed by atoms with Crippen molar-refractivity contribution in [2.75, 3.05) is 13.1 Å². The zero-order valence-electron chi connectivity index (χ0n) is 18.0. The number of rotatable bonds is 4. The van der Waals surface area contributed by atoms with Gasteiger partial charge in [-0.15, -0.1) is 0 Å². The third-order valence-corrected chi connectivity index (χ3v) is 6.61. The fraction of sp³-hybridized carbons (Fsp3) is 0.385. The largest absolute Gasteiger partial charge is 0.457 e. The highest BCUT2D eigenvalue weighted by Crippen LogP contribution is 2.31. The molecule has 1 amide bonds. The average molecular weight is 416 g/mol. The summed E-state index contributed by atoms with van der Waals surface area (Å²) in [5.74, 6) is 3.95. The minimum absolute atomic E-state index is 0.0905. The molecule has 1 fully saturated rings. The Kier molecular flexibility index (Phi) is 5.49. The number of hydrogen-bond donors (Lipinski definition) is 0. The van der Waals surface area contributed by atoms with Crippen LogP contribution in [0.4, 0.5) is 0 Å². The molecule has 2 aliphatic heterocycles. The third-order valence-electron chi connectivity index (χ3n) is 6.61. The summed E-state index contributed by atoms with van der Waals surface area (Å²) in [5.41, 5.74) is 1.91. The van der Waals surface area contributed by atoms with Gasteiger partial charge in [-0.2, -0.15) is 0 Å². The van der Waals surface area contributed by atoms with Crippen molar-refractivity contribution in [2.24, 2.45) is 5.92 Å². The molecule has 2 aromatic carbocycles. The van der Waals surface area contributed by atoms with Crippen LogP contribution in [0.3, 0.4) is 0 Å². The van der Waals surface area contributed by atoms with Crippen molar-refractivity contribution in [3.05, 3.63) is 77.9 Å². The Hall–Kier alpha value is -3.08. The number of amides is 1. The summed E-state index contributed by atoms with van der Waals surface area (Å²) >= 11 is 0. The van der Waals surface area contributed by atoms with Gasteiger partial charge in [-0.05, 0) is 55.0 Å². The zero-order valence-corrected chi connectivity index (χ0v) is 18.0. The number of aromatic nitrogens is 2. The maximum Gasteiger partial charge on any atom is 0.274 e. The molecular weight excluding hydrogens is 386 g/mol. The smallest absolute Gasteiger partial charge is 0.274 e. The first-order valence-electron chi connectivity index (χ1n) is 11.3. The summed E-state index contributed by atoms with van der Waals surface area (Å²) in [6, 6.07) is 18.2. The van der Waals surface area contributed by atoms with Crippen LogP contribution in [0.15, 0.2) is 60.8 Å². The van der Waals surface area contributed by atoms with Gasteiger partial charge >= 0.3 is 0 Å². The highest BCUT2D eigenvalue weighted by Gasteiger charge is 2.27. The zero-order chi connectivity index (χ0) is 21.2. The van der Waals surface area contributed by atoms with Crippen molar-refractivity contribution in [3.8, 4) is 11.5 Å². The average Bonchev–Trinajstić information content (AvgIpc) is 3.24. The Labute approximate surface area is 183 Å². The van der Waals surface area contributed by atoms with Crippen molar-refractivity contribution in [3.63, 3.8) is 0 Å².